The molecule has 6 rings (SSSR count). The minimum Gasteiger partial charge on any atom is -0.492 e. The van der Waals surface area contributed by atoms with Crippen molar-refractivity contribution in [3.05, 3.63) is 63.0 Å². The van der Waals surface area contributed by atoms with Gasteiger partial charge in [0.05, 0.1) is 25.4 Å². The third-order valence-corrected chi connectivity index (χ3v) is 8.88. The molecule has 41 heavy (non-hydrogen) atoms. The van der Waals surface area contributed by atoms with Gasteiger partial charge in [-0.15, -0.1) is 11.3 Å². The number of halogens is 1. The number of amides is 2. The number of hydrogen-bond donors (Lipinski definition) is 1. The second kappa shape index (κ2) is 12.3. The number of anilines is 4. The fourth-order valence-electron chi connectivity index (χ4n) is 5.22. The SMILES string of the molecule is Cc1csc(Cl)c1N1Cc2cnc3nc2N(C/C=C\COCc2cc(ccc2OCCN2CCN(C)CC2)N3)C1=O. The van der Waals surface area contributed by atoms with Gasteiger partial charge < -0.3 is 19.7 Å². The molecule has 4 bridgehead atoms. The highest BCUT2D eigenvalue weighted by Gasteiger charge is 2.34. The van der Waals surface area contributed by atoms with Gasteiger partial charge in [-0.3, -0.25) is 14.7 Å². The summed E-state index contributed by atoms with van der Waals surface area (Å²) in [7, 11) is 2.16. The molecule has 0 aliphatic carbocycles. The van der Waals surface area contributed by atoms with Gasteiger partial charge in [0.2, 0.25) is 5.95 Å². The fraction of sp³-hybridized carbons (Fsp3) is 0.414. The Kier molecular flexibility index (Phi) is 8.40. The van der Waals surface area contributed by atoms with Crippen molar-refractivity contribution >= 4 is 52.1 Å². The monoisotopic (exact) mass is 595 g/mol. The molecule has 0 saturated carbocycles. The third kappa shape index (κ3) is 6.19. The van der Waals surface area contributed by atoms with Crippen molar-refractivity contribution < 1.29 is 14.3 Å². The minimum atomic E-state index is -0.177. The van der Waals surface area contributed by atoms with Crippen LogP contribution in [-0.4, -0.2) is 85.3 Å². The van der Waals surface area contributed by atoms with Gasteiger partial charge in [-0.05, 0) is 43.1 Å². The van der Waals surface area contributed by atoms with Gasteiger partial charge in [-0.25, -0.2) is 9.78 Å². The Balaban J connectivity index is 1.23. The number of rotatable bonds is 5. The molecule has 216 valence electrons. The molecular formula is C29H34ClN7O3S. The van der Waals surface area contributed by atoms with Crippen LogP contribution in [0.25, 0.3) is 0 Å². The molecule has 0 atom stereocenters. The number of urea groups is 1. The number of aryl methyl sites for hydroxylation is 1. The van der Waals surface area contributed by atoms with E-state index in [1.807, 2.05) is 42.7 Å². The summed E-state index contributed by atoms with van der Waals surface area (Å²) in [4.78, 5) is 31.2. The highest BCUT2D eigenvalue weighted by atomic mass is 35.5. The van der Waals surface area contributed by atoms with Crippen LogP contribution < -0.4 is 19.9 Å². The molecule has 3 aliphatic rings. The highest BCUT2D eigenvalue weighted by Crippen LogP contribution is 2.40. The number of likely N-dealkylation sites (N-methyl/N-ethyl adjacent to an activating group) is 1. The lowest BCUT2D eigenvalue weighted by Gasteiger charge is -2.35. The second-order valence-corrected chi connectivity index (χ2v) is 12.0. The van der Waals surface area contributed by atoms with Gasteiger partial charge in [0.25, 0.3) is 0 Å². The zero-order valence-corrected chi connectivity index (χ0v) is 24.9. The number of nitrogens with zero attached hydrogens (tertiary/aromatic N) is 6. The van der Waals surface area contributed by atoms with Crippen molar-refractivity contribution in [3.8, 4) is 5.75 Å². The number of fused-ring (bicyclic) bond motifs is 3. The summed E-state index contributed by atoms with van der Waals surface area (Å²) in [5, 5.41) is 5.27. The first-order valence-corrected chi connectivity index (χ1v) is 15.1. The van der Waals surface area contributed by atoms with Gasteiger partial charge in [-0.2, -0.15) is 4.98 Å². The van der Waals surface area contributed by atoms with Crippen LogP contribution in [0.3, 0.4) is 0 Å². The lowest BCUT2D eigenvalue weighted by molar-refractivity contribution is 0.128. The van der Waals surface area contributed by atoms with Crippen molar-refractivity contribution in [2.45, 2.75) is 20.1 Å². The van der Waals surface area contributed by atoms with E-state index in [0.717, 1.165) is 66.5 Å². The van der Waals surface area contributed by atoms with E-state index in [0.29, 0.717) is 49.0 Å². The van der Waals surface area contributed by atoms with Crippen molar-refractivity contribution in [3.63, 3.8) is 0 Å². The van der Waals surface area contributed by atoms with Gasteiger partial charge in [0.1, 0.15) is 22.5 Å². The third-order valence-electron chi connectivity index (χ3n) is 7.56. The average molecular weight is 596 g/mol. The smallest absolute Gasteiger partial charge is 0.330 e. The van der Waals surface area contributed by atoms with Crippen LogP contribution in [0.1, 0.15) is 16.7 Å². The predicted octanol–water partition coefficient (Wildman–Crippen LogP) is 4.90. The number of nitrogens with one attached hydrogen (secondary N) is 1. The molecule has 1 aromatic carbocycles. The van der Waals surface area contributed by atoms with Crippen LogP contribution in [0.5, 0.6) is 5.75 Å². The minimum absolute atomic E-state index is 0.177. The number of hydrogen-bond acceptors (Lipinski definition) is 9. The van der Waals surface area contributed by atoms with Crippen molar-refractivity contribution in [2.24, 2.45) is 0 Å². The van der Waals surface area contributed by atoms with E-state index < -0.39 is 0 Å². The summed E-state index contributed by atoms with van der Waals surface area (Å²) in [6.45, 7) is 9.26. The molecule has 0 unspecified atom stereocenters. The largest absolute Gasteiger partial charge is 0.492 e. The Morgan fingerprint density at radius 2 is 2.00 bits per heavy atom. The molecule has 10 nitrogen and oxygen atoms in total. The Bertz CT molecular complexity index is 1420. The maximum atomic E-state index is 13.7. The first-order valence-electron chi connectivity index (χ1n) is 13.8. The zero-order chi connectivity index (χ0) is 28.3. The quantitative estimate of drug-likeness (QED) is 0.417. The fourth-order valence-corrected chi connectivity index (χ4v) is 6.38. The van der Waals surface area contributed by atoms with Crippen LogP contribution in [0, 0.1) is 6.92 Å². The molecule has 0 spiro atoms. The van der Waals surface area contributed by atoms with Crippen LogP contribution in [-0.2, 0) is 17.9 Å². The lowest BCUT2D eigenvalue weighted by atomic mass is 10.1. The van der Waals surface area contributed by atoms with Crippen molar-refractivity contribution in [1.82, 2.24) is 19.8 Å². The van der Waals surface area contributed by atoms with Gasteiger partial charge in [0.15, 0.2) is 0 Å². The number of benzene rings is 1. The second-order valence-electron chi connectivity index (χ2n) is 10.5. The number of carbonyl (C=O) groups excluding carboxylic acids is 1. The first kappa shape index (κ1) is 27.9. The standard InChI is InChI=1S/C29H34ClN7O3S/c1-20-19-41-26(30)25(20)37-17-22-16-31-28-32-23-5-6-24(40-14-12-35-10-8-34(2)9-11-35)21(15-23)18-39-13-4-3-7-36(29(37)38)27(22)33-28/h3-6,15-16,19H,7-14,17-18H2,1-2H3,(H,31,32,33)/b4-3-. The summed E-state index contributed by atoms with van der Waals surface area (Å²) >= 11 is 7.91. The molecule has 1 fully saturated rings. The molecule has 12 heteroatoms. The Labute approximate surface area is 249 Å². The van der Waals surface area contributed by atoms with E-state index in [-0.39, 0.29) is 6.03 Å². The van der Waals surface area contributed by atoms with Gasteiger partial charge in [-0.1, -0.05) is 23.8 Å². The summed E-state index contributed by atoms with van der Waals surface area (Å²) in [5.41, 5.74) is 4.31. The van der Waals surface area contributed by atoms with Gasteiger partial charge in [0, 0.05) is 62.3 Å². The Morgan fingerprint density at radius 1 is 1.15 bits per heavy atom. The normalized spacial score (nSPS) is 19.0. The maximum absolute atomic E-state index is 13.7. The molecular weight excluding hydrogens is 562 g/mol. The number of piperazine rings is 1. The average Bonchev–Trinajstić information content (AvgIpc) is 3.30. The van der Waals surface area contributed by atoms with E-state index in [2.05, 4.69) is 27.1 Å². The zero-order valence-electron chi connectivity index (χ0n) is 23.3. The van der Waals surface area contributed by atoms with E-state index in [1.165, 1.54) is 11.3 Å². The molecule has 1 N–H and O–H groups in total. The topological polar surface area (TPSA) is 86.3 Å². The van der Waals surface area contributed by atoms with E-state index in [9.17, 15) is 4.79 Å². The summed E-state index contributed by atoms with van der Waals surface area (Å²) in [6.07, 6.45) is 5.64. The molecule has 3 aromatic rings. The van der Waals surface area contributed by atoms with Crippen LogP contribution in [0.15, 0.2) is 41.9 Å². The predicted molar refractivity (Wildman–Crippen MR) is 163 cm³/mol. The Hall–Kier alpha value is -3.22. The van der Waals surface area contributed by atoms with Crippen molar-refractivity contribution in [2.75, 3.05) is 74.6 Å². The summed E-state index contributed by atoms with van der Waals surface area (Å²) in [6, 6.07) is 5.75. The molecule has 5 heterocycles. The van der Waals surface area contributed by atoms with Gasteiger partial charge >= 0.3 is 6.03 Å². The molecule has 0 radical (unpaired) electrons. The van der Waals surface area contributed by atoms with E-state index in [1.54, 1.807) is 16.0 Å². The van der Waals surface area contributed by atoms with Crippen molar-refractivity contribution in [1.29, 1.82) is 0 Å². The number of aromatic nitrogens is 2. The Morgan fingerprint density at radius 3 is 2.80 bits per heavy atom. The lowest BCUT2D eigenvalue weighted by Crippen LogP contribution is -2.48. The molecule has 2 amide bonds. The number of ether oxygens (including phenoxy) is 2. The highest BCUT2D eigenvalue weighted by molar-refractivity contribution is 7.15. The van der Waals surface area contributed by atoms with Crippen LogP contribution >= 0.6 is 22.9 Å². The number of carbonyl (C=O) groups is 1. The molecule has 2 aromatic heterocycles. The van der Waals surface area contributed by atoms with Crippen LogP contribution in [0.4, 0.5) is 27.9 Å². The summed E-state index contributed by atoms with van der Waals surface area (Å²) < 4.78 is 12.8. The van der Waals surface area contributed by atoms with Crippen LogP contribution in [0.2, 0.25) is 4.34 Å². The summed E-state index contributed by atoms with van der Waals surface area (Å²) in [5.74, 6) is 1.81. The number of thiophene rings is 1. The molecule has 1 saturated heterocycles. The molecule has 3 aliphatic heterocycles. The van der Waals surface area contributed by atoms with E-state index in [4.69, 9.17) is 26.1 Å². The first-order chi connectivity index (χ1) is 20.0. The maximum Gasteiger partial charge on any atom is 0.330 e. The van der Waals surface area contributed by atoms with E-state index >= 15 is 0 Å².